The molecule has 6 N–H and O–H groups in total. The highest BCUT2D eigenvalue weighted by Gasteiger charge is 2.35. The highest BCUT2D eigenvalue weighted by molar-refractivity contribution is 6.03. The van der Waals surface area contributed by atoms with Crippen molar-refractivity contribution in [1.29, 1.82) is 0 Å². The third-order valence-electron chi connectivity index (χ3n) is 18.7. The van der Waals surface area contributed by atoms with Gasteiger partial charge in [-0.3, -0.25) is 43.5 Å². The SMILES string of the molecule is COc1cc(OCC(=O)NCC[N+](C)(C)C)cc(C)c1-c1cc(C)cc(CN2CCN(Cc3cc(-c4c(OC)cc(OCC(=O)NCC[N+](C)(C)C)cc4OC)cc(C(=O)O)n3)CC(CNC(=O)CC(=O)ON3C(=O)CCC3=O)N(Cc3cc(-c4c(C)cc(OCC(=O)NCC[N+](C)(C)C)cc4OC)cc(C(=O)O)n3)CC2)c1. The lowest BCUT2D eigenvalue weighted by Crippen LogP contribution is -2.50. The van der Waals surface area contributed by atoms with Gasteiger partial charge in [-0.15, -0.1) is 5.06 Å². The van der Waals surface area contributed by atoms with Crippen molar-refractivity contribution in [2.45, 2.75) is 65.7 Å². The summed E-state index contributed by atoms with van der Waals surface area (Å²) in [6, 6.07) is 21.8. The third kappa shape index (κ3) is 26.6. The van der Waals surface area contributed by atoms with E-state index in [-0.39, 0.29) is 130 Å². The molecule has 4 aromatic carbocycles. The summed E-state index contributed by atoms with van der Waals surface area (Å²) in [5.41, 5.74) is 6.48. The van der Waals surface area contributed by atoms with Gasteiger partial charge < -0.3 is 82.9 Å². The van der Waals surface area contributed by atoms with Crippen LogP contribution in [0, 0.1) is 20.8 Å². The maximum atomic E-state index is 14.1. The van der Waals surface area contributed by atoms with Crippen LogP contribution in [-0.4, -0.2) is 303 Å². The fourth-order valence-corrected chi connectivity index (χ4v) is 13.0. The van der Waals surface area contributed by atoms with Gasteiger partial charge in [0.05, 0.1) is 148 Å². The molecule has 2 aromatic heterocycles. The molecule has 0 saturated carbocycles. The van der Waals surface area contributed by atoms with Crippen LogP contribution < -0.4 is 54.4 Å². The number of amides is 6. The first kappa shape index (κ1) is 87.5. The summed E-state index contributed by atoms with van der Waals surface area (Å²) in [5, 5.41) is 33.6. The second kappa shape index (κ2) is 39.4. The van der Waals surface area contributed by atoms with Gasteiger partial charge in [-0.25, -0.2) is 24.4 Å². The summed E-state index contributed by atoms with van der Waals surface area (Å²) in [5.74, 6) is -4.78. The molecule has 32 heteroatoms. The number of nitrogens with zero attached hydrogens (tertiary/aromatic N) is 9. The lowest BCUT2D eigenvalue weighted by Gasteiger charge is -2.34. The maximum absolute atomic E-state index is 14.1. The van der Waals surface area contributed by atoms with Gasteiger partial charge in [0, 0.05) is 113 Å². The second-order valence-electron chi connectivity index (χ2n) is 31.2. The average Bonchev–Trinajstić information content (AvgIpc) is 1.10. The van der Waals surface area contributed by atoms with E-state index < -0.39 is 48.1 Å². The second-order valence-corrected chi connectivity index (χ2v) is 31.2. The van der Waals surface area contributed by atoms with Crippen molar-refractivity contribution in [1.82, 2.24) is 51.0 Å². The summed E-state index contributed by atoms with van der Waals surface area (Å²) < 4.78 is 43.8. The molecule has 113 heavy (non-hydrogen) atoms. The van der Waals surface area contributed by atoms with Crippen LogP contribution in [0.4, 0.5) is 0 Å². The number of methoxy groups -OCH3 is 4. The number of hydroxylamine groups is 2. The van der Waals surface area contributed by atoms with Crippen molar-refractivity contribution < 1.29 is 105 Å². The fourth-order valence-electron chi connectivity index (χ4n) is 13.0. The molecule has 0 radical (unpaired) electrons. The van der Waals surface area contributed by atoms with E-state index in [4.69, 9.17) is 48.0 Å². The third-order valence-corrected chi connectivity index (χ3v) is 18.7. The lowest BCUT2D eigenvalue weighted by atomic mass is 9.95. The minimum absolute atomic E-state index is 0.0228. The monoisotopic (exact) mass is 1570 g/mol. The number of likely N-dealkylation sites (N-methyl/N-ethyl adjacent to an activating group) is 3. The molecule has 2 aliphatic rings. The number of rotatable bonds is 38. The summed E-state index contributed by atoms with van der Waals surface area (Å²) >= 11 is 0. The molecule has 0 bridgehead atoms. The van der Waals surface area contributed by atoms with Gasteiger partial charge in [-0.1, -0.05) is 17.7 Å². The average molecular weight is 1570 g/mol. The standard InChI is InChI=1S/C81H107N13O19/c1-51-29-54(33-55(30-51)77-52(2)31-61(38-66(77)106-13)110-48-71(96)82-19-26-92(4,5)6)44-88-22-23-89(45-58-35-57(37-65(86-58)81(104)105)79-68(108-15)40-63(41-69(79)109-16)112-50-73(98)84-21-28-94(10,11)12)47-60(43-85-70(95)42-76(101)113-91-74(99)17-18-75(91)100)90(25-24-88)46-59-34-56(36-64(87-59)80(102)103)78-53(3)32-62(39-67(78)107-14)111-49-72(97)83-20-27-93(7,8)9/h29-41,60H,17-28,42-50H2,1-16H3,(H3-3,82,83,84,85,95,96,97,98,102,103,104,105)/p+3. The Kier molecular flexibility index (Phi) is 30.6. The number of ether oxygens (including phenoxy) is 7. The maximum Gasteiger partial charge on any atom is 0.354 e. The van der Waals surface area contributed by atoms with E-state index in [1.54, 1.807) is 56.5 Å². The zero-order valence-corrected chi connectivity index (χ0v) is 67.8. The van der Waals surface area contributed by atoms with E-state index in [9.17, 15) is 53.4 Å². The lowest BCUT2D eigenvalue weighted by molar-refractivity contribution is -0.869. The number of aryl methyl sites for hydroxylation is 3. The molecule has 4 heterocycles. The molecule has 32 nitrogen and oxygen atoms in total. The number of carboxylic acid groups (broad SMARTS) is 2. The zero-order valence-electron chi connectivity index (χ0n) is 67.8. The minimum Gasteiger partial charge on any atom is -0.496 e. The van der Waals surface area contributed by atoms with Crippen LogP contribution in [0.15, 0.2) is 78.9 Å². The zero-order chi connectivity index (χ0) is 82.6. The number of quaternary nitrogens is 3. The summed E-state index contributed by atoms with van der Waals surface area (Å²) in [4.78, 5) is 139. The van der Waals surface area contributed by atoms with Crippen molar-refractivity contribution in [3.8, 4) is 73.6 Å². The van der Waals surface area contributed by atoms with E-state index >= 15 is 0 Å². The molecular formula is C81H110N13O19+3. The first-order valence-electron chi connectivity index (χ1n) is 37.2. The van der Waals surface area contributed by atoms with E-state index in [0.717, 1.165) is 34.4 Å². The Labute approximate surface area is 659 Å². The van der Waals surface area contributed by atoms with Gasteiger partial charge in [0.25, 0.3) is 29.5 Å². The number of carboxylic acids is 2. The van der Waals surface area contributed by atoms with Crippen LogP contribution in [0.5, 0.6) is 40.2 Å². The molecule has 2 saturated heterocycles. The molecule has 2 aliphatic heterocycles. The van der Waals surface area contributed by atoms with Crippen LogP contribution in [-0.2, 0) is 58.0 Å². The number of carbonyl (C=O) groups excluding carboxylic acids is 7. The molecule has 0 spiro atoms. The number of carbonyl (C=O) groups is 9. The first-order chi connectivity index (χ1) is 53.4. The van der Waals surface area contributed by atoms with E-state index in [2.05, 4.69) is 44.4 Å². The van der Waals surface area contributed by atoms with E-state index in [1.807, 2.05) is 93.1 Å². The van der Waals surface area contributed by atoms with Crippen molar-refractivity contribution >= 4 is 53.4 Å². The minimum atomic E-state index is -1.35. The van der Waals surface area contributed by atoms with Crippen LogP contribution in [0.1, 0.15) is 73.9 Å². The number of aromatic nitrogens is 2. The van der Waals surface area contributed by atoms with Gasteiger partial charge in [0.1, 0.15) is 58.1 Å². The van der Waals surface area contributed by atoms with Crippen LogP contribution in [0.3, 0.4) is 0 Å². The van der Waals surface area contributed by atoms with Crippen LogP contribution in [0.2, 0.25) is 0 Å². The van der Waals surface area contributed by atoms with Crippen LogP contribution in [0.25, 0.3) is 33.4 Å². The van der Waals surface area contributed by atoms with Crippen molar-refractivity contribution in [2.24, 2.45) is 0 Å². The fraction of sp³-hybridized carbons (Fsp3) is 0.469. The highest BCUT2D eigenvalue weighted by atomic mass is 16.7. The highest BCUT2D eigenvalue weighted by Crippen LogP contribution is 2.44. The number of pyridine rings is 2. The predicted octanol–water partition coefficient (Wildman–Crippen LogP) is 4.74. The predicted molar refractivity (Wildman–Crippen MR) is 419 cm³/mol. The molecule has 2 fully saturated rings. The smallest absolute Gasteiger partial charge is 0.354 e. The normalized spacial score (nSPS) is 14.6. The Balaban J connectivity index is 1.21. The molecule has 6 aromatic rings. The molecule has 0 aliphatic carbocycles. The molecule has 6 amide bonds. The Morgan fingerprint density at radius 1 is 0.469 bits per heavy atom. The first-order valence-corrected chi connectivity index (χ1v) is 37.2. The summed E-state index contributed by atoms with van der Waals surface area (Å²) in [7, 11) is 24.1. The number of hydrogen-bond acceptors (Lipinski definition) is 22. The van der Waals surface area contributed by atoms with Crippen molar-refractivity contribution in [3.63, 3.8) is 0 Å². The molecular weight excluding hydrogens is 1460 g/mol. The van der Waals surface area contributed by atoms with E-state index in [0.29, 0.717) is 122 Å². The number of imide groups is 1. The number of nitrogens with one attached hydrogen (secondary N) is 4. The van der Waals surface area contributed by atoms with Gasteiger partial charge in [0.2, 0.25) is 5.91 Å². The molecule has 8 rings (SSSR count). The Morgan fingerprint density at radius 2 is 0.876 bits per heavy atom. The number of aromatic carboxylic acids is 2. The topological polar surface area (TPSA) is 355 Å². The molecule has 1 unspecified atom stereocenters. The van der Waals surface area contributed by atoms with Gasteiger partial charge >= 0.3 is 17.9 Å². The molecule has 1 atom stereocenters. The van der Waals surface area contributed by atoms with Gasteiger partial charge in [0.15, 0.2) is 19.8 Å². The summed E-state index contributed by atoms with van der Waals surface area (Å²) in [6.45, 7) is 9.81. The Bertz CT molecular complexity index is 4410. The van der Waals surface area contributed by atoms with E-state index in [1.165, 1.54) is 33.5 Å². The largest absolute Gasteiger partial charge is 0.496 e. The van der Waals surface area contributed by atoms with Crippen LogP contribution >= 0.6 is 0 Å². The number of hydrogen-bond donors (Lipinski definition) is 6. The summed E-state index contributed by atoms with van der Waals surface area (Å²) in [6.07, 6.45) is -1.22. The van der Waals surface area contributed by atoms with Gasteiger partial charge in [-0.2, -0.15) is 0 Å². The number of benzene rings is 4. The van der Waals surface area contributed by atoms with Gasteiger partial charge in [-0.05, 0) is 96.6 Å². The Hall–Kier alpha value is -11.0. The quantitative estimate of drug-likeness (QED) is 0.0173. The van der Waals surface area contributed by atoms with Crippen molar-refractivity contribution in [3.05, 3.63) is 124 Å². The van der Waals surface area contributed by atoms with Crippen molar-refractivity contribution in [2.75, 3.05) is 190 Å². The molecule has 610 valence electrons. The Morgan fingerprint density at radius 3 is 1.32 bits per heavy atom.